The Morgan fingerprint density at radius 3 is 2.59 bits per heavy atom. The maximum Gasteiger partial charge on any atom is 0.418 e. The number of carbonyl (C=O) groups excluding carboxylic acids is 1. The molecule has 0 bridgehead atoms. The van der Waals surface area contributed by atoms with Gasteiger partial charge in [-0.15, -0.1) is 0 Å². The number of fused-ring (bicyclic) bond motifs is 1. The number of amides is 1. The second-order valence-electron chi connectivity index (χ2n) is 6.31. The second kappa shape index (κ2) is 7.26. The van der Waals surface area contributed by atoms with E-state index in [-0.39, 0.29) is 24.1 Å². The number of carbonyl (C=O) groups is 1. The van der Waals surface area contributed by atoms with Crippen LogP contribution in [-0.2, 0) is 17.4 Å². The van der Waals surface area contributed by atoms with E-state index < -0.39 is 17.6 Å². The van der Waals surface area contributed by atoms with E-state index in [1.807, 2.05) is 25.1 Å². The first-order valence-electron chi connectivity index (χ1n) is 8.33. The maximum atomic E-state index is 13.0. The summed E-state index contributed by atoms with van der Waals surface area (Å²) in [5.41, 5.74) is 0.610. The summed E-state index contributed by atoms with van der Waals surface area (Å²) >= 11 is 0. The molecule has 0 saturated carbocycles. The number of para-hydroxylation sites is 1. The van der Waals surface area contributed by atoms with E-state index in [2.05, 4.69) is 10.3 Å². The Labute approximate surface area is 153 Å². The highest BCUT2D eigenvalue weighted by Crippen LogP contribution is 2.34. The Hall–Kier alpha value is -3.09. The smallest absolute Gasteiger partial charge is 0.325 e. The number of H-pyrrole nitrogens is 1. The lowest BCUT2D eigenvalue weighted by Crippen LogP contribution is -2.19. The number of rotatable bonds is 4. The number of hydrogen-bond donors (Lipinski definition) is 2. The van der Waals surface area contributed by atoms with Gasteiger partial charge in [-0.25, -0.2) is 0 Å². The molecule has 4 nitrogen and oxygen atoms in total. The van der Waals surface area contributed by atoms with Crippen molar-refractivity contribution < 1.29 is 18.0 Å². The van der Waals surface area contributed by atoms with Crippen LogP contribution in [0.1, 0.15) is 23.1 Å². The molecule has 27 heavy (non-hydrogen) atoms. The van der Waals surface area contributed by atoms with Crippen molar-refractivity contribution in [3.63, 3.8) is 0 Å². The van der Waals surface area contributed by atoms with Gasteiger partial charge in [0.25, 0.3) is 5.56 Å². The molecule has 1 aromatic heterocycles. The van der Waals surface area contributed by atoms with Crippen LogP contribution in [0.5, 0.6) is 0 Å². The number of aromatic amines is 1. The molecule has 0 fully saturated rings. The molecule has 3 rings (SSSR count). The molecule has 1 heterocycles. The van der Waals surface area contributed by atoms with Crippen LogP contribution in [0.25, 0.3) is 10.9 Å². The highest BCUT2D eigenvalue weighted by atomic mass is 19.4. The van der Waals surface area contributed by atoms with Crippen molar-refractivity contribution in [1.29, 1.82) is 0 Å². The lowest BCUT2D eigenvalue weighted by molar-refractivity contribution is -0.137. The maximum absolute atomic E-state index is 13.0. The third-order valence-corrected chi connectivity index (χ3v) is 4.21. The number of benzene rings is 2. The number of pyridine rings is 1. The Bertz CT molecular complexity index is 1060. The molecule has 2 N–H and O–H groups in total. The zero-order chi connectivity index (χ0) is 19.6. The van der Waals surface area contributed by atoms with E-state index in [9.17, 15) is 22.8 Å². The fourth-order valence-electron chi connectivity index (χ4n) is 2.85. The van der Waals surface area contributed by atoms with Crippen LogP contribution in [0.4, 0.5) is 18.9 Å². The molecule has 0 aliphatic carbocycles. The minimum absolute atomic E-state index is 0.105. The zero-order valence-electron chi connectivity index (χ0n) is 14.5. The van der Waals surface area contributed by atoms with Crippen LogP contribution in [0.3, 0.4) is 0 Å². The Morgan fingerprint density at radius 1 is 1.11 bits per heavy atom. The van der Waals surface area contributed by atoms with Gasteiger partial charge in [-0.3, -0.25) is 9.59 Å². The predicted molar refractivity (Wildman–Crippen MR) is 97.7 cm³/mol. The average Bonchev–Trinajstić information content (AvgIpc) is 2.59. The Kier molecular flexibility index (Phi) is 5.03. The fraction of sp³-hybridized carbons (Fsp3) is 0.200. The quantitative estimate of drug-likeness (QED) is 0.710. The first-order valence-corrected chi connectivity index (χ1v) is 8.33. The monoisotopic (exact) mass is 374 g/mol. The Balaban J connectivity index is 1.73. The van der Waals surface area contributed by atoms with Crippen LogP contribution < -0.4 is 10.9 Å². The van der Waals surface area contributed by atoms with Crippen molar-refractivity contribution >= 4 is 22.5 Å². The Morgan fingerprint density at radius 2 is 1.85 bits per heavy atom. The molecule has 140 valence electrons. The van der Waals surface area contributed by atoms with E-state index in [1.54, 1.807) is 6.07 Å². The standard InChI is InChI=1S/C20H17F3N2O2/c1-12-6-7-13-11-14(19(27)25-17(13)10-12)8-9-18(26)24-16-5-3-2-4-15(16)20(21,22)23/h2-7,10-11H,8-9H2,1H3,(H,24,26)(H,25,27). The summed E-state index contributed by atoms with van der Waals surface area (Å²) in [6, 6.07) is 12.1. The lowest BCUT2D eigenvalue weighted by Gasteiger charge is -2.13. The van der Waals surface area contributed by atoms with E-state index in [4.69, 9.17) is 0 Å². The van der Waals surface area contributed by atoms with Gasteiger partial charge in [-0.2, -0.15) is 13.2 Å². The molecule has 0 spiro atoms. The van der Waals surface area contributed by atoms with Gasteiger partial charge in [0.2, 0.25) is 5.91 Å². The third kappa shape index (κ3) is 4.36. The normalized spacial score (nSPS) is 11.6. The molecule has 0 atom stereocenters. The van der Waals surface area contributed by atoms with E-state index in [1.165, 1.54) is 18.2 Å². The van der Waals surface area contributed by atoms with Crippen molar-refractivity contribution in [2.45, 2.75) is 25.9 Å². The van der Waals surface area contributed by atoms with Gasteiger partial charge in [0.1, 0.15) is 0 Å². The number of halogens is 3. The van der Waals surface area contributed by atoms with Gasteiger partial charge in [0, 0.05) is 17.5 Å². The summed E-state index contributed by atoms with van der Waals surface area (Å²) in [4.78, 5) is 27.0. The average molecular weight is 374 g/mol. The number of hydrogen-bond acceptors (Lipinski definition) is 2. The summed E-state index contributed by atoms with van der Waals surface area (Å²) in [6.45, 7) is 1.91. The molecule has 0 aliphatic heterocycles. The van der Waals surface area contributed by atoms with Crippen LogP contribution in [-0.4, -0.2) is 10.9 Å². The lowest BCUT2D eigenvalue weighted by atomic mass is 10.1. The highest BCUT2D eigenvalue weighted by molar-refractivity contribution is 5.91. The minimum atomic E-state index is -4.56. The molecule has 0 aliphatic rings. The summed E-state index contributed by atoms with van der Waals surface area (Å²) in [7, 11) is 0. The topological polar surface area (TPSA) is 62.0 Å². The van der Waals surface area contributed by atoms with Crippen molar-refractivity contribution in [1.82, 2.24) is 4.98 Å². The van der Waals surface area contributed by atoms with Crippen LogP contribution >= 0.6 is 0 Å². The van der Waals surface area contributed by atoms with Crippen LogP contribution in [0.2, 0.25) is 0 Å². The van der Waals surface area contributed by atoms with Crippen LogP contribution in [0.15, 0.2) is 53.3 Å². The number of alkyl halides is 3. The molecule has 0 unspecified atom stereocenters. The largest absolute Gasteiger partial charge is 0.418 e. The molecule has 7 heteroatoms. The summed E-state index contributed by atoms with van der Waals surface area (Å²) in [5, 5.41) is 3.11. The first-order chi connectivity index (χ1) is 12.7. The summed E-state index contributed by atoms with van der Waals surface area (Å²) < 4.78 is 38.9. The van der Waals surface area contributed by atoms with E-state index >= 15 is 0 Å². The van der Waals surface area contributed by atoms with Gasteiger partial charge in [-0.05, 0) is 48.6 Å². The second-order valence-corrected chi connectivity index (χ2v) is 6.31. The van der Waals surface area contributed by atoms with Crippen molar-refractivity contribution in [3.8, 4) is 0 Å². The third-order valence-electron chi connectivity index (χ3n) is 4.21. The number of nitrogens with one attached hydrogen (secondary N) is 2. The predicted octanol–water partition coefficient (Wildman–Crippen LogP) is 4.43. The van der Waals surface area contributed by atoms with Crippen LogP contribution in [0, 0.1) is 6.92 Å². The molecule has 1 amide bonds. The SMILES string of the molecule is Cc1ccc2cc(CCC(=O)Nc3ccccc3C(F)(F)F)c(=O)[nH]c2c1. The molecule has 3 aromatic rings. The van der Waals surface area contributed by atoms with Crippen molar-refractivity contribution in [2.24, 2.45) is 0 Å². The van der Waals surface area contributed by atoms with Gasteiger partial charge in [0.05, 0.1) is 11.3 Å². The number of aromatic nitrogens is 1. The molecule has 0 saturated heterocycles. The zero-order valence-corrected chi connectivity index (χ0v) is 14.5. The van der Waals surface area contributed by atoms with Gasteiger partial charge >= 0.3 is 6.18 Å². The summed E-state index contributed by atoms with van der Waals surface area (Å²) in [5.74, 6) is -0.588. The van der Waals surface area contributed by atoms with Crippen molar-refractivity contribution in [2.75, 3.05) is 5.32 Å². The molecule has 0 radical (unpaired) electrons. The first kappa shape index (κ1) is 18.7. The van der Waals surface area contributed by atoms with Crippen molar-refractivity contribution in [3.05, 3.63) is 75.6 Å². The fourth-order valence-corrected chi connectivity index (χ4v) is 2.85. The highest BCUT2D eigenvalue weighted by Gasteiger charge is 2.33. The van der Waals surface area contributed by atoms with Gasteiger partial charge < -0.3 is 10.3 Å². The van der Waals surface area contributed by atoms with Gasteiger partial charge in [-0.1, -0.05) is 24.3 Å². The molecular formula is C20H17F3N2O2. The van der Waals surface area contributed by atoms with E-state index in [0.717, 1.165) is 17.0 Å². The molecule has 2 aromatic carbocycles. The molecular weight excluding hydrogens is 357 g/mol. The summed E-state index contributed by atoms with van der Waals surface area (Å²) in [6.07, 6.45) is -4.54. The minimum Gasteiger partial charge on any atom is -0.325 e. The van der Waals surface area contributed by atoms with E-state index in [0.29, 0.717) is 11.1 Å². The number of anilines is 1. The van der Waals surface area contributed by atoms with Gasteiger partial charge in [0.15, 0.2) is 0 Å². The number of aryl methyl sites for hydroxylation is 2.